The quantitative estimate of drug-likeness (QED) is 0.626. The van der Waals surface area contributed by atoms with Crippen molar-refractivity contribution in [1.29, 1.82) is 0 Å². The van der Waals surface area contributed by atoms with Gasteiger partial charge in [0.1, 0.15) is 11.4 Å². The van der Waals surface area contributed by atoms with Crippen LogP contribution in [0.4, 0.5) is 22.7 Å². The second-order valence-electron chi connectivity index (χ2n) is 6.30. The van der Waals surface area contributed by atoms with Crippen LogP contribution in [0.3, 0.4) is 0 Å². The maximum absolute atomic E-state index is 12.5. The average Bonchev–Trinajstić information content (AvgIpc) is 2.69. The zero-order valence-corrected chi connectivity index (χ0v) is 16.6. The lowest BCUT2D eigenvalue weighted by Crippen LogP contribution is -2.14. The molecule has 144 valence electrons. The summed E-state index contributed by atoms with van der Waals surface area (Å²) in [5, 5.41) is 6.53. The fourth-order valence-electron chi connectivity index (χ4n) is 2.58. The third-order valence-electron chi connectivity index (χ3n) is 4.08. The summed E-state index contributed by atoms with van der Waals surface area (Å²) in [5.74, 6) is 0.180. The third-order valence-corrected chi connectivity index (χ3v) is 4.31. The van der Waals surface area contributed by atoms with Crippen LogP contribution in [0.1, 0.15) is 10.5 Å². The Labute approximate surface area is 169 Å². The van der Waals surface area contributed by atoms with Gasteiger partial charge in [-0.2, -0.15) is 0 Å². The monoisotopic (exact) mass is 396 g/mol. The Bertz CT molecular complexity index is 957. The first-order chi connectivity index (χ1) is 13.5. The summed E-state index contributed by atoms with van der Waals surface area (Å²) in [6.45, 7) is 0. The van der Waals surface area contributed by atoms with Gasteiger partial charge in [0.15, 0.2) is 0 Å². The number of nitrogens with zero attached hydrogens (tertiary/aromatic N) is 2. The molecule has 0 aliphatic rings. The summed E-state index contributed by atoms with van der Waals surface area (Å²) < 4.78 is 5.24. The molecular weight excluding hydrogens is 376 g/mol. The first-order valence-electron chi connectivity index (χ1n) is 8.61. The van der Waals surface area contributed by atoms with Crippen LogP contribution >= 0.6 is 11.6 Å². The highest BCUT2D eigenvalue weighted by Crippen LogP contribution is 2.28. The normalized spacial score (nSPS) is 10.3. The summed E-state index contributed by atoms with van der Waals surface area (Å²) >= 11 is 5.99. The number of anilines is 4. The second-order valence-corrected chi connectivity index (χ2v) is 6.73. The zero-order valence-electron chi connectivity index (χ0n) is 15.9. The fourth-order valence-corrected chi connectivity index (χ4v) is 2.75. The molecule has 0 aliphatic carbocycles. The zero-order chi connectivity index (χ0) is 20.1. The molecule has 1 heterocycles. The highest BCUT2D eigenvalue weighted by molar-refractivity contribution is 6.31. The van der Waals surface area contributed by atoms with E-state index in [0.29, 0.717) is 16.5 Å². The minimum atomic E-state index is -0.345. The number of benzene rings is 2. The van der Waals surface area contributed by atoms with Gasteiger partial charge in [0.2, 0.25) is 0 Å². The van der Waals surface area contributed by atoms with E-state index in [4.69, 9.17) is 16.3 Å². The number of methoxy groups -OCH3 is 1. The Morgan fingerprint density at radius 2 is 1.75 bits per heavy atom. The van der Waals surface area contributed by atoms with Gasteiger partial charge in [0, 0.05) is 30.5 Å². The topological polar surface area (TPSA) is 66.5 Å². The van der Waals surface area contributed by atoms with Crippen LogP contribution in [0.2, 0.25) is 5.02 Å². The van der Waals surface area contributed by atoms with E-state index >= 15 is 0 Å². The third kappa shape index (κ3) is 4.72. The molecule has 3 rings (SSSR count). The number of ether oxygens (including phenoxy) is 1. The number of pyridine rings is 1. The molecule has 0 atom stereocenters. The number of carbonyl (C=O) groups is 1. The van der Waals surface area contributed by atoms with Gasteiger partial charge in [-0.15, -0.1) is 0 Å². The fraction of sp³-hybridized carbons (Fsp3) is 0.143. The number of carbonyl (C=O) groups excluding carboxylic acids is 1. The predicted molar refractivity (Wildman–Crippen MR) is 114 cm³/mol. The number of rotatable bonds is 6. The molecule has 0 spiro atoms. The van der Waals surface area contributed by atoms with Crippen LogP contribution in [-0.2, 0) is 0 Å². The molecule has 0 saturated carbocycles. The van der Waals surface area contributed by atoms with Crippen LogP contribution in [0, 0.1) is 0 Å². The Kier molecular flexibility index (Phi) is 6.01. The smallest absolute Gasteiger partial charge is 0.274 e. The van der Waals surface area contributed by atoms with Gasteiger partial charge in [-0.25, -0.2) is 4.98 Å². The van der Waals surface area contributed by atoms with Crippen LogP contribution in [0.15, 0.2) is 60.8 Å². The molecular formula is C21H21ClN4O2. The van der Waals surface area contributed by atoms with Gasteiger partial charge in [-0.3, -0.25) is 4.79 Å². The lowest BCUT2D eigenvalue weighted by molar-refractivity contribution is 0.102. The largest absolute Gasteiger partial charge is 0.495 e. The van der Waals surface area contributed by atoms with Gasteiger partial charge in [-0.1, -0.05) is 11.6 Å². The maximum atomic E-state index is 12.5. The molecule has 2 aromatic carbocycles. The summed E-state index contributed by atoms with van der Waals surface area (Å²) in [4.78, 5) is 18.7. The Morgan fingerprint density at radius 1 is 1.04 bits per heavy atom. The first-order valence-corrected chi connectivity index (χ1v) is 8.99. The number of amides is 1. The molecule has 6 nitrogen and oxygen atoms in total. The van der Waals surface area contributed by atoms with E-state index in [1.807, 2.05) is 43.3 Å². The van der Waals surface area contributed by atoms with Gasteiger partial charge in [0.05, 0.1) is 24.7 Å². The number of hydrogen-bond acceptors (Lipinski definition) is 5. The second kappa shape index (κ2) is 8.63. The van der Waals surface area contributed by atoms with E-state index in [2.05, 4.69) is 15.6 Å². The number of hydrogen-bond donors (Lipinski definition) is 2. The van der Waals surface area contributed by atoms with E-state index < -0.39 is 0 Å². The Hall–Kier alpha value is -3.25. The standard InChI is InChI=1S/C21H21ClN4O2/c1-26(2)17-8-5-15(6-9-17)24-16-7-10-18(23-13-16)21(27)25-19-12-14(22)4-11-20(19)28-3/h4-13,24H,1-3H3,(H,25,27). The van der Waals surface area contributed by atoms with Crippen molar-refractivity contribution in [3.05, 3.63) is 71.5 Å². The van der Waals surface area contributed by atoms with E-state index in [1.165, 1.54) is 7.11 Å². The first kappa shape index (κ1) is 19.5. The number of halogens is 1. The number of nitrogens with one attached hydrogen (secondary N) is 2. The summed E-state index contributed by atoms with van der Waals surface area (Å²) in [6.07, 6.45) is 1.62. The highest BCUT2D eigenvalue weighted by Gasteiger charge is 2.11. The molecule has 2 N–H and O–H groups in total. The van der Waals surface area contributed by atoms with Crippen LogP contribution < -0.4 is 20.3 Å². The number of aromatic nitrogens is 1. The Morgan fingerprint density at radius 3 is 2.36 bits per heavy atom. The molecule has 28 heavy (non-hydrogen) atoms. The van der Waals surface area contributed by atoms with Gasteiger partial charge in [-0.05, 0) is 54.6 Å². The van der Waals surface area contributed by atoms with Gasteiger partial charge >= 0.3 is 0 Å². The molecule has 0 radical (unpaired) electrons. The molecule has 0 aliphatic heterocycles. The van der Waals surface area contributed by atoms with Crippen molar-refractivity contribution in [2.45, 2.75) is 0 Å². The van der Waals surface area contributed by atoms with Crippen LogP contribution in [0.5, 0.6) is 5.75 Å². The summed E-state index contributed by atoms with van der Waals surface area (Å²) in [6, 6.07) is 16.5. The molecule has 0 bridgehead atoms. The Balaban J connectivity index is 1.68. The van der Waals surface area contributed by atoms with Crippen molar-refractivity contribution in [1.82, 2.24) is 4.98 Å². The molecule has 1 amide bonds. The maximum Gasteiger partial charge on any atom is 0.274 e. The van der Waals surface area contributed by atoms with Crippen molar-refractivity contribution in [2.24, 2.45) is 0 Å². The van der Waals surface area contributed by atoms with Crippen molar-refractivity contribution in [3.63, 3.8) is 0 Å². The van der Waals surface area contributed by atoms with Crippen LogP contribution in [-0.4, -0.2) is 32.1 Å². The van der Waals surface area contributed by atoms with Crippen molar-refractivity contribution >= 4 is 40.3 Å². The highest BCUT2D eigenvalue weighted by atomic mass is 35.5. The summed E-state index contributed by atoms with van der Waals surface area (Å²) in [7, 11) is 5.52. The average molecular weight is 397 g/mol. The van der Waals surface area contributed by atoms with Crippen LogP contribution in [0.25, 0.3) is 0 Å². The predicted octanol–water partition coefficient (Wildman–Crippen LogP) is 4.81. The minimum Gasteiger partial charge on any atom is -0.495 e. The van der Waals surface area contributed by atoms with E-state index in [-0.39, 0.29) is 11.6 Å². The van der Waals surface area contributed by atoms with Crippen molar-refractivity contribution in [3.8, 4) is 5.75 Å². The van der Waals surface area contributed by atoms with E-state index in [0.717, 1.165) is 17.1 Å². The van der Waals surface area contributed by atoms with Crippen molar-refractivity contribution in [2.75, 3.05) is 36.7 Å². The molecule has 3 aromatic rings. The lowest BCUT2D eigenvalue weighted by atomic mass is 10.2. The minimum absolute atomic E-state index is 0.288. The van der Waals surface area contributed by atoms with Gasteiger partial charge in [0.25, 0.3) is 5.91 Å². The lowest BCUT2D eigenvalue weighted by Gasteiger charge is -2.13. The molecule has 1 aromatic heterocycles. The molecule has 0 unspecified atom stereocenters. The SMILES string of the molecule is COc1ccc(Cl)cc1NC(=O)c1ccc(Nc2ccc(N(C)C)cc2)cn1. The molecule has 0 fully saturated rings. The van der Waals surface area contributed by atoms with E-state index in [1.54, 1.807) is 36.5 Å². The molecule has 0 saturated heterocycles. The van der Waals surface area contributed by atoms with E-state index in [9.17, 15) is 4.79 Å². The van der Waals surface area contributed by atoms with Gasteiger partial charge < -0.3 is 20.3 Å². The van der Waals surface area contributed by atoms with Crippen molar-refractivity contribution < 1.29 is 9.53 Å². The molecule has 7 heteroatoms. The summed E-state index contributed by atoms with van der Waals surface area (Å²) in [5.41, 5.74) is 3.62.